The van der Waals surface area contributed by atoms with Gasteiger partial charge in [0.1, 0.15) is 0 Å². The number of phenols is 2. The molecule has 0 saturated heterocycles. The number of phenolic OH excluding ortho intramolecular Hbond substituents is 2. The third kappa shape index (κ3) is 9.99. The molecule has 4 N–H and O–H groups in total. The van der Waals surface area contributed by atoms with Crippen molar-refractivity contribution in [1.29, 1.82) is 0 Å². The Morgan fingerprint density at radius 3 is 1.61 bits per heavy atom. The van der Waals surface area contributed by atoms with Crippen LogP contribution in [0.3, 0.4) is 0 Å². The molecule has 31 heavy (non-hydrogen) atoms. The van der Waals surface area contributed by atoms with Gasteiger partial charge in [-0.15, -0.1) is 0 Å². The molecule has 0 aromatic heterocycles. The van der Waals surface area contributed by atoms with Gasteiger partial charge < -0.3 is 29.9 Å². The Labute approximate surface area is 191 Å². The van der Waals surface area contributed by atoms with Crippen LogP contribution in [0.2, 0.25) is 0 Å². The van der Waals surface area contributed by atoms with E-state index >= 15 is 0 Å². The van der Waals surface area contributed by atoms with Crippen LogP contribution in [0.1, 0.15) is 18.1 Å². The average molecular weight is 473 g/mol. The van der Waals surface area contributed by atoms with Crippen LogP contribution in [0.25, 0.3) is 0 Å². The van der Waals surface area contributed by atoms with E-state index in [9.17, 15) is 15.3 Å². The number of carbonyl (C=O) groups is 1. The summed E-state index contributed by atoms with van der Waals surface area (Å²) < 4.78 is 10.0. The zero-order chi connectivity index (χ0) is 22.5. The van der Waals surface area contributed by atoms with Gasteiger partial charge in [0.25, 0.3) is 5.97 Å². The minimum atomic E-state index is -0.833. The summed E-state index contributed by atoms with van der Waals surface area (Å²) in [7, 11) is 2.94. The second kappa shape index (κ2) is 14.8. The first kappa shape index (κ1) is 27.9. The summed E-state index contributed by atoms with van der Waals surface area (Å²) in [6, 6.07) is 10.1. The molecule has 2 rings (SSSR count). The summed E-state index contributed by atoms with van der Waals surface area (Å²) >= 11 is 0. The Balaban J connectivity index is 0.00000165. The number of methoxy groups -OCH3 is 2. The van der Waals surface area contributed by atoms with E-state index in [2.05, 4.69) is 9.98 Å². The number of aliphatic carboxylic acids is 1. The molecule has 1 radical (unpaired) electrons. The Bertz CT molecular complexity index is 819. The van der Waals surface area contributed by atoms with Crippen LogP contribution in [0.5, 0.6) is 23.0 Å². The number of carboxylic acid groups (broad SMARTS) is 1. The van der Waals surface area contributed by atoms with E-state index in [1.54, 1.807) is 36.4 Å². The normalized spacial score (nSPS) is 11.4. The van der Waals surface area contributed by atoms with Crippen LogP contribution in [-0.2, 0) is 21.9 Å². The SMILES string of the molecule is CC(=O)O.COc1cccc(C=NCC(O)CN=Cc2cccc(OC)c2O)c1O.[Mn]. The van der Waals surface area contributed by atoms with E-state index in [1.165, 1.54) is 26.6 Å². The van der Waals surface area contributed by atoms with Crippen molar-refractivity contribution in [2.24, 2.45) is 9.98 Å². The molecule has 2 aromatic rings. The Hall–Kier alpha value is -3.07. The number of carboxylic acids is 1. The van der Waals surface area contributed by atoms with Crippen molar-refractivity contribution in [3.8, 4) is 23.0 Å². The molecule has 0 heterocycles. The fourth-order valence-electron chi connectivity index (χ4n) is 2.22. The molecule has 0 aliphatic heterocycles. The van der Waals surface area contributed by atoms with Gasteiger partial charge in [-0.2, -0.15) is 0 Å². The average Bonchev–Trinajstić information content (AvgIpc) is 2.70. The largest absolute Gasteiger partial charge is 0.504 e. The number of benzene rings is 2. The topological polar surface area (TPSA) is 141 Å². The number of hydrogen-bond acceptors (Lipinski definition) is 8. The summed E-state index contributed by atoms with van der Waals surface area (Å²) in [6.45, 7) is 1.33. The predicted molar refractivity (Wildman–Crippen MR) is 114 cm³/mol. The smallest absolute Gasteiger partial charge is 0.300 e. The molecule has 0 fully saturated rings. The molecule has 0 aliphatic carbocycles. The number of aliphatic hydroxyl groups excluding tert-OH is 1. The first-order chi connectivity index (χ1) is 14.3. The molecule has 0 bridgehead atoms. The second-order valence-electron chi connectivity index (χ2n) is 5.96. The van der Waals surface area contributed by atoms with Crippen molar-refractivity contribution in [2.75, 3.05) is 27.3 Å². The minimum Gasteiger partial charge on any atom is -0.504 e. The molecule has 0 saturated carbocycles. The number of ether oxygens (including phenoxy) is 2. The Kier molecular flexibility index (Phi) is 13.4. The van der Waals surface area contributed by atoms with E-state index < -0.39 is 12.1 Å². The number of rotatable bonds is 8. The van der Waals surface area contributed by atoms with Gasteiger partial charge in [0.2, 0.25) is 0 Å². The summed E-state index contributed by atoms with van der Waals surface area (Å²) in [4.78, 5) is 17.2. The molecule has 10 heteroatoms. The van der Waals surface area contributed by atoms with Crippen LogP contribution in [0.4, 0.5) is 0 Å². The van der Waals surface area contributed by atoms with Gasteiger partial charge in [0.15, 0.2) is 23.0 Å². The number of para-hydroxylation sites is 2. The third-order valence-corrected chi connectivity index (χ3v) is 3.59. The number of aliphatic hydroxyl groups is 1. The van der Waals surface area contributed by atoms with Gasteiger partial charge in [-0.3, -0.25) is 14.8 Å². The molecule has 2 aromatic carbocycles. The van der Waals surface area contributed by atoms with E-state index in [-0.39, 0.29) is 41.7 Å². The van der Waals surface area contributed by atoms with Crippen LogP contribution >= 0.6 is 0 Å². The summed E-state index contributed by atoms with van der Waals surface area (Å²) in [5, 5.41) is 37.3. The quantitative estimate of drug-likeness (QED) is 0.340. The van der Waals surface area contributed by atoms with Crippen LogP contribution in [0, 0.1) is 0 Å². The summed E-state index contributed by atoms with van der Waals surface area (Å²) in [5.41, 5.74) is 1.00. The van der Waals surface area contributed by atoms with E-state index in [0.29, 0.717) is 22.6 Å². The van der Waals surface area contributed by atoms with Gasteiger partial charge in [-0.05, 0) is 24.3 Å². The van der Waals surface area contributed by atoms with Crippen molar-refractivity contribution in [1.82, 2.24) is 0 Å². The van der Waals surface area contributed by atoms with Gasteiger partial charge >= 0.3 is 0 Å². The maximum atomic E-state index is 9.95. The van der Waals surface area contributed by atoms with Crippen LogP contribution in [-0.4, -0.2) is 72.2 Å². The van der Waals surface area contributed by atoms with Crippen LogP contribution < -0.4 is 9.47 Å². The molecular weight excluding hydrogens is 447 g/mol. The minimum absolute atomic E-state index is 0. The summed E-state index contributed by atoms with van der Waals surface area (Å²) in [5.74, 6) is -0.117. The van der Waals surface area contributed by atoms with Gasteiger partial charge in [0, 0.05) is 47.5 Å². The van der Waals surface area contributed by atoms with Crippen molar-refractivity contribution >= 4 is 18.4 Å². The molecule has 9 nitrogen and oxygen atoms in total. The van der Waals surface area contributed by atoms with Crippen molar-refractivity contribution < 1.29 is 51.8 Å². The Morgan fingerprint density at radius 2 is 1.29 bits per heavy atom. The molecule has 169 valence electrons. The summed E-state index contributed by atoms with van der Waals surface area (Å²) in [6.07, 6.45) is 2.15. The first-order valence-electron chi connectivity index (χ1n) is 8.89. The molecule has 0 atom stereocenters. The van der Waals surface area contributed by atoms with Crippen molar-refractivity contribution in [3.05, 3.63) is 47.5 Å². The zero-order valence-corrected chi connectivity index (χ0v) is 18.6. The van der Waals surface area contributed by atoms with Gasteiger partial charge in [-0.25, -0.2) is 0 Å². The first-order valence-corrected chi connectivity index (χ1v) is 8.89. The monoisotopic (exact) mass is 473 g/mol. The fraction of sp³-hybridized carbons (Fsp3) is 0.286. The van der Waals surface area contributed by atoms with Gasteiger partial charge in [-0.1, -0.05) is 12.1 Å². The van der Waals surface area contributed by atoms with Crippen molar-refractivity contribution in [2.45, 2.75) is 13.0 Å². The number of nitrogens with zero attached hydrogens (tertiary/aromatic N) is 2. The molecular formula is C21H26MnN2O7. The number of aliphatic imine (C=N–C) groups is 2. The fourth-order valence-corrected chi connectivity index (χ4v) is 2.22. The van der Waals surface area contributed by atoms with Crippen molar-refractivity contribution in [3.63, 3.8) is 0 Å². The molecule has 0 spiro atoms. The third-order valence-electron chi connectivity index (χ3n) is 3.59. The van der Waals surface area contributed by atoms with E-state index in [1.807, 2.05) is 0 Å². The molecule has 0 amide bonds. The second-order valence-corrected chi connectivity index (χ2v) is 5.96. The Morgan fingerprint density at radius 1 is 0.935 bits per heavy atom. The maximum absolute atomic E-state index is 9.95. The maximum Gasteiger partial charge on any atom is 0.300 e. The van der Waals surface area contributed by atoms with E-state index in [4.69, 9.17) is 19.4 Å². The molecule has 0 aliphatic rings. The predicted octanol–water partition coefficient (Wildman–Crippen LogP) is 2.10. The zero-order valence-electron chi connectivity index (χ0n) is 17.4. The van der Waals surface area contributed by atoms with Crippen LogP contribution in [0.15, 0.2) is 46.4 Å². The van der Waals surface area contributed by atoms with E-state index in [0.717, 1.165) is 6.92 Å². The standard InChI is InChI=1S/C19H22N2O5.C2H4O2.Mn/c1-25-16-7-3-5-13(18(16)23)9-20-11-15(22)12-21-10-14-6-4-8-17(26-2)19(14)24;1-2(3)4;/h3-10,15,22-24H,11-12H2,1-2H3;1H3,(H,3,4);. The molecule has 0 unspecified atom stereocenters. The number of hydrogen-bond donors (Lipinski definition) is 4. The van der Waals surface area contributed by atoms with Gasteiger partial charge in [0.05, 0.1) is 33.4 Å². The number of aromatic hydroxyl groups is 2.